The summed E-state index contributed by atoms with van der Waals surface area (Å²) in [6, 6.07) is -0.910. The third-order valence-corrected chi connectivity index (χ3v) is 2.68. The molecule has 15 heavy (non-hydrogen) atoms. The average Bonchev–Trinajstić information content (AvgIpc) is 2.10. The first kappa shape index (κ1) is 14.0. The minimum atomic E-state index is -1.76. The van der Waals surface area contributed by atoms with Crippen molar-refractivity contribution in [2.75, 3.05) is 7.11 Å². The van der Waals surface area contributed by atoms with Gasteiger partial charge in [-0.15, -0.1) is 0 Å². The van der Waals surface area contributed by atoms with E-state index < -0.39 is 26.4 Å². The fourth-order valence-corrected chi connectivity index (χ4v) is 2.38. The SMILES string of the molecule is COC(=O)C(N=[N+]=[N-])C(C)O[Si](C)(C)C. The standard InChI is InChI=1S/C8H17N3O3Si/c1-6(14-15(3,4)5)7(10-11-9)8(12)13-2/h6-7H,1-5H3. The number of nitrogens with zero attached hydrogens (tertiary/aromatic N) is 3. The quantitative estimate of drug-likeness (QED) is 0.239. The summed E-state index contributed by atoms with van der Waals surface area (Å²) in [7, 11) is -0.508. The minimum absolute atomic E-state index is 0.458. The Hall–Kier alpha value is -1.04. The number of esters is 1. The molecule has 0 aliphatic heterocycles. The monoisotopic (exact) mass is 231 g/mol. The van der Waals surface area contributed by atoms with Crippen molar-refractivity contribution >= 4 is 14.3 Å². The molecule has 0 rings (SSSR count). The molecule has 0 amide bonds. The molecule has 0 radical (unpaired) electrons. The van der Waals surface area contributed by atoms with Gasteiger partial charge < -0.3 is 9.16 Å². The largest absolute Gasteiger partial charge is 0.469 e. The smallest absolute Gasteiger partial charge is 0.317 e. The van der Waals surface area contributed by atoms with Gasteiger partial charge >= 0.3 is 5.97 Å². The van der Waals surface area contributed by atoms with Crippen LogP contribution in [0.4, 0.5) is 0 Å². The van der Waals surface area contributed by atoms with Gasteiger partial charge in [-0.1, -0.05) is 5.11 Å². The molecule has 0 bridgehead atoms. The van der Waals surface area contributed by atoms with E-state index in [1.54, 1.807) is 6.92 Å². The van der Waals surface area contributed by atoms with Crippen LogP contribution in [-0.2, 0) is 14.0 Å². The van der Waals surface area contributed by atoms with Crippen LogP contribution >= 0.6 is 0 Å². The number of ether oxygens (including phenoxy) is 1. The number of azide groups is 1. The maximum atomic E-state index is 11.3. The predicted molar refractivity (Wildman–Crippen MR) is 58.8 cm³/mol. The molecule has 0 aromatic rings. The Morgan fingerprint density at radius 1 is 1.47 bits per heavy atom. The van der Waals surface area contributed by atoms with E-state index in [0.717, 1.165) is 0 Å². The minimum Gasteiger partial charge on any atom is -0.469 e. The number of hydrogen-bond donors (Lipinski definition) is 0. The lowest BCUT2D eigenvalue weighted by Gasteiger charge is -2.26. The van der Waals surface area contributed by atoms with Gasteiger partial charge in [0.1, 0.15) is 0 Å². The van der Waals surface area contributed by atoms with Crippen molar-refractivity contribution in [2.45, 2.75) is 38.7 Å². The van der Waals surface area contributed by atoms with E-state index in [4.69, 9.17) is 9.96 Å². The molecule has 0 spiro atoms. The van der Waals surface area contributed by atoms with Crippen LogP contribution in [0.3, 0.4) is 0 Å². The highest BCUT2D eigenvalue weighted by molar-refractivity contribution is 6.69. The molecule has 0 fully saturated rings. The summed E-state index contributed by atoms with van der Waals surface area (Å²) in [6.07, 6.45) is -0.458. The van der Waals surface area contributed by atoms with Crippen molar-refractivity contribution in [1.29, 1.82) is 0 Å². The Morgan fingerprint density at radius 3 is 2.33 bits per heavy atom. The lowest BCUT2D eigenvalue weighted by atomic mass is 10.2. The molecule has 0 N–H and O–H groups in total. The molecule has 2 atom stereocenters. The zero-order valence-electron chi connectivity index (χ0n) is 9.72. The topological polar surface area (TPSA) is 84.3 Å². The zero-order valence-corrected chi connectivity index (χ0v) is 10.7. The van der Waals surface area contributed by atoms with E-state index in [-0.39, 0.29) is 0 Å². The van der Waals surface area contributed by atoms with E-state index >= 15 is 0 Å². The summed E-state index contributed by atoms with van der Waals surface area (Å²) < 4.78 is 10.2. The molecule has 86 valence electrons. The van der Waals surface area contributed by atoms with E-state index in [0.29, 0.717) is 0 Å². The number of rotatable bonds is 5. The van der Waals surface area contributed by atoms with Crippen LogP contribution in [0.15, 0.2) is 5.11 Å². The van der Waals surface area contributed by atoms with E-state index in [2.05, 4.69) is 14.8 Å². The molecule has 0 aliphatic carbocycles. The molecular formula is C8H17N3O3Si. The van der Waals surface area contributed by atoms with Gasteiger partial charge in [-0.25, -0.2) is 0 Å². The molecule has 0 saturated carbocycles. The molecule has 2 unspecified atom stereocenters. The van der Waals surface area contributed by atoms with Gasteiger partial charge in [0.15, 0.2) is 14.4 Å². The van der Waals surface area contributed by atoms with Gasteiger partial charge in [0, 0.05) is 4.91 Å². The second kappa shape index (κ2) is 5.74. The van der Waals surface area contributed by atoms with Crippen LogP contribution < -0.4 is 0 Å². The fourth-order valence-electron chi connectivity index (χ4n) is 1.13. The number of carbonyl (C=O) groups is 1. The average molecular weight is 231 g/mol. The summed E-state index contributed by atoms with van der Waals surface area (Å²) in [5.74, 6) is -0.571. The Balaban J connectivity index is 4.63. The van der Waals surface area contributed by atoms with Crippen molar-refractivity contribution in [3.63, 3.8) is 0 Å². The summed E-state index contributed by atoms with van der Waals surface area (Å²) in [5, 5.41) is 3.38. The number of carbonyl (C=O) groups excluding carboxylic acids is 1. The van der Waals surface area contributed by atoms with E-state index in [1.165, 1.54) is 7.11 Å². The first-order valence-electron chi connectivity index (χ1n) is 4.61. The van der Waals surface area contributed by atoms with E-state index in [1.807, 2.05) is 19.6 Å². The third kappa shape index (κ3) is 5.41. The molecule has 6 nitrogen and oxygen atoms in total. The summed E-state index contributed by atoms with van der Waals surface area (Å²) in [6.45, 7) is 7.68. The summed E-state index contributed by atoms with van der Waals surface area (Å²) in [5.41, 5.74) is 8.33. The Labute approximate surface area is 90.3 Å². The first-order valence-corrected chi connectivity index (χ1v) is 8.02. The van der Waals surface area contributed by atoms with Crippen LogP contribution in [-0.4, -0.2) is 33.5 Å². The number of hydrogen-bond acceptors (Lipinski definition) is 4. The Bertz CT molecular complexity index is 271. The molecule has 0 aromatic carbocycles. The Morgan fingerprint density at radius 2 is 2.00 bits per heavy atom. The molecule has 0 heterocycles. The van der Waals surface area contributed by atoms with Crippen LogP contribution in [0, 0.1) is 0 Å². The molecular weight excluding hydrogens is 214 g/mol. The second-order valence-electron chi connectivity index (χ2n) is 4.11. The van der Waals surface area contributed by atoms with Crippen molar-refractivity contribution in [2.24, 2.45) is 5.11 Å². The molecule has 0 saturated heterocycles. The van der Waals surface area contributed by atoms with Crippen molar-refractivity contribution in [3.05, 3.63) is 10.4 Å². The summed E-state index contributed by atoms with van der Waals surface area (Å²) >= 11 is 0. The fraction of sp³-hybridized carbons (Fsp3) is 0.875. The highest BCUT2D eigenvalue weighted by Crippen LogP contribution is 2.13. The van der Waals surface area contributed by atoms with Crippen molar-refractivity contribution in [1.82, 2.24) is 0 Å². The van der Waals surface area contributed by atoms with Gasteiger partial charge in [0.2, 0.25) is 0 Å². The van der Waals surface area contributed by atoms with Gasteiger partial charge in [-0.3, -0.25) is 4.79 Å². The number of methoxy groups -OCH3 is 1. The van der Waals surface area contributed by atoms with Gasteiger partial charge in [0.25, 0.3) is 0 Å². The zero-order chi connectivity index (χ0) is 12.1. The molecule has 7 heteroatoms. The van der Waals surface area contributed by atoms with Gasteiger partial charge in [-0.05, 0) is 32.1 Å². The van der Waals surface area contributed by atoms with E-state index in [9.17, 15) is 4.79 Å². The van der Waals surface area contributed by atoms with Gasteiger partial charge in [0.05, 0.1) is 13.2 Å². The highest BCUT2D eigenvalue weighted by atomic mass is 28.4. The lowest BCUT2D eigenvalue weighted by Crippen LogP contribution is -2.40. The highest BCUT2D eigenvalue weighted by Gasteiger charge is 2.29. The summed E-state index contributed by atoms with van der Waals surface area (Å²) in [4.78, 5) is 13.9. The molecule has 0 aliphatic rings. The lowest BCUT2D eigenvalue weighted by molar-refractivity contribution is -0.144. The maximum Gasteiger partial charge on any atom is 0.317 e. The third-order valence-electron chi connectivity index (χ3n) is 1.60. The van der Waals surface area contributed by atoms with Crippen LogP contribution in [0.1, 0.15) is 6.92 Å². The Kier molecular flexibility index (Phi) is 5.35. The van der Waals surface area contributed by atoms with Crippen LogP contribution in [0.25, 0.3) is 10.4 Å². The first-order chi connectivity index (χ1) is 6.81. The van der Waals surface area contributed by atoms with Crippen molar-refractivity contribution in [3.8, 4) is 0 Å². The molecule has 0 aromatic heterocycles. The second-order valence-corrected chi connectivity index (χ2v) is 8.57. The maximum absolute atomic E-state index is 11.3. The van der Waals surface area contributed by atoms with Crippen molar-refractivity contribution < 1.29 is 14.0 Å². The van der Waals surface area contributed by atoms with Gasteiger partial charge in [-0.2, -0.15) is 0 Å². The van der Waals surface area contributed by atoms with Crippen LogP contribution in [0.5, 0.6) is 0 Å². The predicted octanol–water partition coefficient (Wildman–Crippen LogP) is 2.08. The normalized spacial score (nSPS) is 15.0. The van der Waals surface area contributed by atoms with Crippen LogP contribution in [0.2, 0.25) is 19.6 Å².